The highest BCUT2D eigenvalue weighted by Gasteiger charge is 2.18. The predicted octanol–water partition coefficient (Wildman–Crippen LogP) is 4.07. The monoisotopic (exact) mass is 304 g/mol. The molecule has 2 rings (SSSR count). The number of nitrogens with two attached hydrogens (primary N) is 1. The maximum atomic E-state index is 11.9. The van der Waals surface area contributed by atoms with Gasteiger partial charge in [-0.15, -0.1) is 11.3 Å². The van der Waals surface area contributed by atoms with Gasteiger partial charge in [-0.1, -0.05) is 25.5 Å². The van der Waals surface area contributed by atoms with Crippen LogP contribution in [0.15, 0.2) is 35.7 Å². The number of para-hydroxylation sites is 1. The van der Waals surface area contributed by atoms with Crippen LogP contribution in [0.1, 0.15) is 41.0 Å². The van der Waals surface area contributed by atoms with Crippen molar-refractivity contribution in [1.82, 2.24) is 0 Å². The van der Waals surface area contributed by atoms with Crippen LogP contribution in [-0.2, 0) is 4.74 Å². The second kappa shape index (κ2) is 7.13. The van der Waals surface area contributed by atoms with Gasteiger partial charge in [-0.3, -0.25) is 0 Å². The Labute approximate surface area is 128 Å². The van der Waals surface area contributed by atoms with Crippen molar-refractivity contribution in [3.63, 3.8) is 0 Å². The number of carbonyl (C=O) groups is 1. The highest BCUT2D eigenvalue weighted by molar-refractivity contribution is 7.10. The summed E-state index contributed by atoms with van der Waals surface area (Å²) in [4.78, 5) is 13.1. The molecule has 1 aromatic carbocycles. The fourth-order valence-corrected chi connectivity index (χ4v) is 3.06. The molecular formula is C16H20N2O2S. The zero-order chi connectivity index (χ0) is 15.2. The Hall–Kier alpha value is -2.01. The molecule has 4 nitrogen and oxygen atoms in total. The van der Waals surface area contributed by atoms with Crippen molar-refractivity contribution >= 4 is 28.7 Å². The first kappa shape index (κ1) is 15.4. The fourth-order valence-electron chi connectivity index (χ4n) is 2.25. The number of methoxy groups -OCH3 is 1. The van der Waals surface area contributed by atoms with Gasteiger partial charge in [0.1, 0.15) is 0 Å². The molecule has 0 amide bonds. The average molecular weight is 304 g/mol. The first-order valence-corrected chi connectivity index (χ1v) is 7.82. The Morgan fingerprint density at radius 3 is 2.81 bits per heavy atom. The summed E-state index contributed by atoms with van der Waals surface area (Å²) in [5.74, 6) is -0.383. The van der Waals surface area contributed by atoms with E-state index in [2.05, 4.69) is 23.7 Å². The zero-order valence-electron chi connectivity index (χ0n) is 12.3. The van der Waals surface area contributed by atoms with Crippen molar-refractivity contribution in [2.45, 2.75) is 25.8 Å². The Morgan fingerprint density at radius 2 is 2.19 bits per heavy atom. The van der Waals surface area contributed by atoms with Crippen LogP contribution in [0.5, 0.6) is 0 Å². The molecule has 5 heteroatoms. The lowest BCUT2D eigenvalue weighted by Gasteiger charge is -2.21. The number of carbonyl (C=O) groups excluding carboxylic acids is 1. The molecule has 2 aromatic rings. The molecule has 0 fully saturated rings. The number of nitrogens with one attached hydrogen (secondary N) is 1. The number of rotatable bonds is 6. The van der Waals surface area contributed by atoms with E-state index in [4.69, 9.17) is 10.5 Å². The number of hydrogen-bond acceptors (Lipinski definition) is 5. The average Bonchev–Trinajstić information content (AvgIpc) is 3.02. The van der Waals surface area contributed by atoms with Gasteiger partial charge < -0.3 is 15.8 Å². The summed E-state index contributed by atoms with van der Waals surface area (Å²) in [7, 11) is 1.37. The smallest absolute Gasteiger partial charge is 0.340 e. The lowest BCUT2D eigenvalue weighted by molar-refractivity contribution is 0.0602. The van der Waals surface area contributed by atoms with Gasteiger partial charge in [-0.2, -0.15) is 0 Å². The van der Waals surface area contributed by atoms with Gasteiger partial charge in [0.25, 0.3) is 0 Å². The van der Waals surface area contributed by atoms with E-state index in [9.17, 15) is 4.79 Å². The second-order valence-corrected chi connectivity index (χ2v) is 5.74. The van der Waals surface area contributed by atoms with E-state index < -0.39 is 0 Å². The molecule has 0 bridgehead atoms. The molecule has 0 saturated carbocycles. The van der Waals surface area contributed by atoms with Crippen LogP contribution < -0.4 is 11.1 Å². The Morgan fingerprint density at radius 1 is 1.38 bits per heavy atom. The van der Waals surface area contributed by atoms with Gasteiger partial charge in [0.2, 0.25) is 0 Å². The van der Waals surface area contributed by atoms with E-state index in [-0.39, 0.29) is 12.0 Å². The molecule has 1 atom stereocenters. The maximum absolute atomic E-state index is 11.9. The summed E-state index contributed by atoms with van der Waals surface area (Å²) >= 11 is 1.70. The maximum Gasteiger partial charge on any atom is 0.340 e. The summed E-state index contributed by atoms with van der Waals surface area (Å²) in [6.45, 7) is 2.14. The van der Waals surface area contributed by atoms with E-state index in [0.29, 0.717) is 16.9 Å². The van der Waals surface area contributed by atoms with Gasteiger partial charge in [-0.05, 0) is 30.0 Å². The quantitative estimate of drug-likeness (QED) is 0.623. The summed E-state index contributed by atoms with van der Waals surface area (Å²) in [6.07, 6.45) is 2.01. The van der Waals surface area contributed by atoms with E-state index in [1.165, 1.54) is 12.0 Å². The third kappa shape index (κ3) is 3.55. The normalized spacial score (nSPS) is 11.9. The number of ether oxygens (including phenoxy) is 1. The molecule has 1 heterocycles. The SMILES string of the molecule is CCCC(Nc1c(N)cccc1C(=O)OC)c1cccs1. The second-order valence-electron chi connectivity index (χ2n) is 4.76. The number of thiophene rings is 1. The van der Waals surface area contributed by atoms with E-state index in [1.807, 2.05) is 6.07 Å². The molecule has 3 N–H and O–H groups in total. The molecule has 0 aliphatic rings. The van der Waals surface area contributed by atoms with Crippen molar-refractivity contribution in [3.05, 3.63) is 46.2 Å². The van der Waals surface area contributed by atoms with Gasteiger partial charge in [-0.25, -0.2) is 4.79 Å². The minimum atomic E-state index is -0.383. The van der Waals surface area contributed by atoms with Crippen LogP contribution in [0, 0.1) is 0 Å². The van der Waals surface area contributed by atoms with Gasteiger partial charge >= 0.3 is 5.97 Å². The largest absolute Gasteiger partial charge is 0.465 e. The topological polar surface area (TPSA) is 64.3 Å². The van der Waals surface area contributed by atoms with Gasteiger partial charge in [0, 0.05) is 4.88 Å². The van der Waals surface area contributed by atoms with Gasteiger partial charge in [0.15, 0.2) is 0 Å². The van der Waals surface area contributed by atoms with Crippen LogP contribution in [0.3, 0.4) is 0 Å². The number of nitrogen functional groups attached to an aromatic ring is 1. The molecule has 0 aliphatic heterocycles. The number of hydrogen-bond donors (Lipinski definition) is 2. The minimum Gasteiger partial charge on any atom is -0.465 e. The molecule has 0 saturated heterocycles. The van der Waals surface area contributed by atoms with Crippen LogP contribution >= 0.6 is 11.3 Å². The Balaban J connectivity index is 2.34. The first-order valence-electron chi connectivity index (χ1n) is 6.94. The minimum absolute atomic E-state index is 0.142. The number of anilines is 2. The lowest BCUT2D eigenvalue weighted by atomic mass is 10.1. The molecular weight excluding hydrogens is 284 g/mol. The van der Waals surface area contributed by atoms with Crippen molar-refractivity contribution in [3.8, 4) is 0 Å². The molecule has 0 spiro atoms. The van der Waals surface area contributed by atoms with Gasteiger partial charge in [0.05, 0.1) is 30.1 Å². The third-order valence-corrected chi connectivity index (χ3v) is 4.27. The van der Waals surface area contributed by atoms with Crippen molar-refractivity contribution < 1.29 is 9.53 Å². The molecule has 21 heavy (non-hydrogen) atoms. The van der Waals surface area contributed by atoms with Crippen molar-refractivity contribution in [2.24, 2.45) is 0 Å². The Kier molecular flexibility index (Phi) is 5.22. The van der Waals surface area contributed by atoms with Crippen LogP contribution in [0.4, 0.5) is 11.4 Å². The molecule has 1 unspecified atom stereocenters. The summed E-state index contributed by atoms with van der Waals surface area (Å²) in [5, 5.41) is 5.47. The lowest BCUT2D eigenvalue weighted by Crippen LogP contribution is -2.15. The van der Waals surface area contributed by atoms with Crippen molar-refractivity contribution in [2.75, 3.05) is 18.2 Å². The molecule has 1 aromatic heterocycles. The van der Waals surface area contributed by atoms with Crippen LogP contribution in [0.2, 0.25) is 0 Å². The van der Waals surface area contributed by atoms with Crippen molar-refractivity contribution in [1.29, 1.82) is 0 Å². The summed E-state index contributed by atoms with van der Waals surface area (Å²) < 4.78 is 4.83. The predicted molar refractivity (Wildman–Crippen MR) is 87.8 cm³/mol. The number of benzene rings is 1. The summed E-state index contributed by atoms with van der Waals surface area (Å²) in [6, 6.07) is 9.53. The molecule has 0 radical (unpaired) electrons. The standard InChI is InChI=1S/C16H20N2O2S/c1-3-6-13(14-9-5-10-21-14)18-15-11(16(19)20-2)7-4-8-12(15)17/h4-5,7-10,13,18H,3,6,17H2,1-2H3. The Bertz CT molecular complexity index is 596. The highest BCUT2D eigenvalue weighted by Crippen LogP contribution is 2.32. The molecule has 112 valence electrons. The highest BCUT2D eigenvalue weighted by atomic mass is 32.1. The third-order valence-electron chi connectivity index (χ3n) is 3.28. The fraction of sp³-hybridized carbons (Fsp3) is 0.312. The summed E-state index contributed by atoms with van der Waals surface area (Å²) in [5.41, 5.74) is 7.71. The van der Waals surface area contributed by atoms with E-state index in [1.54, 1.807) is 29.5 Å². The zero-order valence-corrected chi connectivity index (χ0v) is 13.1. The first-order chi connectivity index (χ1) is 10.2. The van der Waals surface area contributed by atoms with E-state index in [0.717, 1.165) is 12.8 Å². The van der Waals surface area contributed by atoms with Crippen LogP contribution in [-0.4, -0.2) is 13.1 Å². The molecule has 0 aliphatic carbocycles. The number of esters is 1. The van der Waals surface area contributed by atoms with Crippen LogP contribution in [0.25, 0.3) is 0 Å². The van der Waals surface area contributed by atoms with E-state index >= 15 is 0 Å².